The second kappa shape index (κ2) is 26.5. The van der Waals surface area contributed by atoms with Gasteiger partial charge in [-0.15, -0.1) is 0 Å². The minimum Gasteiger partial charge on any atom is -0.508 e. The van der Waals surface area contributed by atoms with E-state index in [1.54, 1.807) is 12.1 Å². The normalized spacial score (nSPS) is 33.9. The predicted molar refractivity (Wildman–Crippen MR) is 285 cm³/mol. The molecular formula is C50H68N8O19S2. The third-order valence-corrected chi connectivity index (χ3v) is 16.2. The van der Waals surface area contributed by atoms with Gasteiger partial charge in [-0.3, -0.25) is 14.4 Å². The van der Waals surface area contributed by atoms with E-state index in [1.165, 1.54) is 66.0 Å². The van der Waals surface area contributed by atoms with Gasteiger partial charge in [-0.05, 0) is 48.4 Å². The van der Waals surface area contributed by atoms with Crippen LogP contribution in [0.3, 0.4) is 0 Å². The largest absolute Gasteiger partial charge is 0.508 e. The van der Waals surface area contributed by atoms with Gasteiger partial charge in [0.25, 0.3) is 0 Å². The Morgan fingerprint density at radius 2 is 1.29 bits per heavy atom. The highest BCUT2D eigenvalue weighted by molar-refractivity contribution is 8.00. The molecular weight excluding hydrogens is 1080 g/mol. The van der Waals surface area contributed by atoms with Crippen LogP contribution >= 0.6 is 23.5 Å². The molecule has 27 nitrogen and oxygen atoms in total. The topological polar surface area (TPSA) is 479 Å². The number of hydrogen-bond acceptors (Lipinski definition) is 26. The van der Waals surface area contributed by atoms with Crippen molar-refractivity contribution < 1.29 is 88.1 Å². The van der Waals surface area contributed by atoms with E-state index in [0.29, 0.717) is 22.3 Å². The Kier molecular flexibility index (Phi) is 20.3. The number of hydrogen-bond donors (Lipinski definition) is 16. The number of aromatic hydroxyl groups is 1. The quantitative estimate of drug-likeness (QED) is 0.0279. The minimum atomic E-state index is -1.63. The van der Waals surface area contributed by atoms with Crippen molar-refractivity contribution in [3.8, 4) is 28.2 Å². The number of aliphatic hydroxyl groups is 6. The Morgan fingerprint density at radius 3 is 1.95 bits per heavy atom. The van der Waals surface area contributed by atoms with Crippen LogP contribution in [0.1, 0.15) is 23.2 Å². The van der Waals surface area contributed by atoms with E-state index in [9.17, 15) is 60.0 Å². The predicted octanol–water partition coefficient (Wildman–Crippen LogP) is -3.99. The van der Waals surface area contributed by atoms with Crippen LogP contribution in [0.15, 0.2) is 63.8 Å². The van der Waals surface area contributed by atoms with Crippen molar-refractivity contribution in [2.45, 2.75) is 129 Å². The lowest BCUT2D eigenvalue weighted by atomic mass is 9.84. The number of benzene rings is 3. The zero-order chi connectivity index (χ0) is 57.0. The fourth-order valence-corrected chi connectivity index (χ4v) is 11.6. The summed E-state index contributed by atoms with van der Waals surface area (Å²) in [6, 6.07) is 8.47. The number of phenolic OH excluding ortho intramolecular Hbond substituents is 1. The Morgan fingerprint density at radius 1 is 0.658 bits per heavy atom. The highest BCUT2D eigenvalue weighted by Gasteiger charge is 2.54. The Labute approximate surface area is 459 Å². The van der Waals surface area contributed by atoms with Crippen molar-refractivity contribution in [1.82, 2.24) is 5.32 Å². The molecule has 7 unspecified atom stereocenters. The number of nitrogens with one attached hydrogen (secondary N) is 2. The van der Waals surface area contributed by atoms with Gasteiger partial charge in [0.1, 0.15) is 78.1 Å². The van der Waals surface area contributed by atoms with Crippen LogP contribution < -0.4 is 50.5 Å². The molecule has 0 radical (unpaired) electrons. The first-order valence-electron chi connectivity index (χ1n) is 25.4. The van der Waals surface area contributed by atoms with Crippen molar-refractivity contribution in [3.63, 3.8) is 0 Å². The standard InChI is InChI=1S/C50H68N8O19S2/c51-15-30-39(64)41(66)36(55)48(72-30)75-44-27(54)14-26(53)38(63)46(44)77-50-43(68)45(76-49-37(56)42(67)40(65)31(16-52)73-49)32(74-50)17-79-10-8-57-33(61)7-9-78-18-34(62)58-19-1-4-22(25(11-19)47(69)70)35-23-5-2-20(59)12-28(23)71-29-13-21(60)3-6-24(29)35/h1-6,11-13,26-27,30-32,36-46,48-50,59,63-68H,7-10,14-18,51-56H2,(H,57,61)(H,58,62)(H,69,70)/t26-,27?,30?,31+,32-,36?,37?,38?,39-,40-,41-,42?,43?,44-,45+,46-,48-,49-,50+/m1/s1. The van der Waals surface area contributed by atoms with Gasteiger partial charge in [-0.2, -0.15) is 23.5 Å². The molecule has 2 aromatic carbocycles. The summed E-state index contributed by atoms with van der Waals surface area (Å²) >= 11 is 2.47. The molecule has 434 valence electrons. The molecule has 0 bridgehead atoms. The van der Waals surface area contributed by atoms with Crippen molar-refractivity contribution in [1.29, 1.82) is 0 Å². The summed E-state index contributed by atoms with van der Waals surface area (Å²) < 4.78 is 42.3. The number of amides is 2. The van der Waals surface area contributed by atoms with Gasteiger partial charge in [0.05, 0.1) is 35.6 Å². The Bertz CT molecular complexity index is 2790. The summed E-state index contributed by atoms with van der Waals surface area (Å²) in [6.07, 6.45) is -20.3. The van der Waals surface area contributed by atoms with E-state index >= 15 is 0 Å². The van der Waals surface area contributed by atoms with Crippen molar-refractivity contribution >= 4 is 58.0 Å². The number of anilines is 1. The zero-order valence-electron chi connectivity index (χ0n) is 42.4. The molecule has 0 spiro atoms. The SMILES string of the molecule is NCC1O[C@H](O[C@@H]2C(N)C[C@@H](N)C(O)[C@H]2O[C@@H]2O[C@H](CSCCNC(=O)CCSCC(=O)Nc3ccc(-c4c5ccc(=O)cc-5oc5cc(O)ccc45)c(C(=O)O)c3)[C@H](O[C@H]3O[C@@H](CN)[C@@H](O)C(O)C3N)C2O)C(N)[C@@H](O)[C@@H]1O. The second-order valence-corrected chi connectivity index (χ2v) is 22.0. The maximum absolute atomic E-state index is 13.0. The van der Waals surface area contributed by atoms with Crippen LogP contribution in [0, 0.1) is 0 Å². The van der Waals surface area contributed by atoms with Crippen LogP contribution in [-0.2, 0) is 38.0 Å². The number of ether oxygens (including phenoxy) is 6. The average molecular weight is 1150 g/mol. The van der Waals surface area contributed by atoms with Gasteiger partial charge < -0.3 is 119 Å². The molecule has 2 amide bonds. The second-order valence-electron chi connectivity index (χ2n) is 19.7. The molecule has 79 heavy (non-hydrogen) atoms. The third-order valence-electron chi connectivity index (χ3n) is 14.2. The molecule has 4 aliphatic heterocycles. The number of carbonyl (C=O) groups excluding carboxylic acids is 2. The summed E-state index contributed by atoms with van der Waals surface area (Å²) in [5.41, 5.74) is 37.8. The number of aromatic carboxylic acids is 1. The lowest BCUT2D eigenvalue weighted by Crippen LogP contribution is -2.68. The molecule has 29 heteroatoms. The van der Waals surface area contributed by atoms with E-state index in [-0.39, 0.29) is 95.0 Å². The fraction of sp³-hybridized carbons (Fsp3) is 0.560. The van der Waals surface area contributed by atoms with Crippen molar-refractivity contribution in [2.24, 2.45) is 34.4 Å². The number of nitrogens with two attached hydrogens (primary N) is 6. The van der Waals surface area contributed by atoms with Crippen LogP contribution in [0.2, 0.25) is 0 Å². The van der Waals surface area contributed by atoms with Crippen molar-refractivity contribution in [3.05, 3.63) is 70.4 Å². The molecule has 2 aliphatic carbocycles. The van der Waals surface area contributed by atoms with Gasteiger partial charge in [0.15, 0.2) is 24.3 Å². The fourth-order valence-electron chi connectivity index (χ4n) is 9.97. The molecule has 2 aromatic rings. The van der Waals surface area contributed by atoms with E-state index in [0.717, 1.165) is 0 Å². The van der Waals surface area contributed by atoms with Crippen LogP contribution in [0.25, 0.3) is 33.4 Å². The number of thioether (sulfide) groups is 2. The zero-order valence-corrected chi connectivity index (χ0v) is 44.0. The summed E-state index contributed by atoms with van der Waals surface area (Å²) in [7, 11) is 0. The lowest BCUT2D eigenvalue weighted by molar-refractivity contribution is -0.306. The number of aliphatic hydroxyl groups excluding tert-OH is 6. The van der Waals surface area contributed by atoms with E-state index < -0.39 is 128 Å². The molecule has 22 N–H and O–H groups in total. The number of carboxylic acid groups (broad SMARTS) is 1. The van der Waals surface area contributed by atoms with Crippen LogP contribution in [0.4, 0.5) is 5.69 Å². The number of rotatable bonds is 21. The van der Waals surface area contributed by atoms with Gasteiger partial charge in [-0.25, -0.2) is 4.79 Å². The summed E-state index contributed by atoms with van der Waals surface area (Å²) in [5, 5.41) is 91.8. The van der Waals surface area contributed by atoms with Crippen LogP contribution in [0.5, 0.6) is 5.75 Å². The number of phenols is 1. The van der Waals surface area contributed by atoms with Gasteiger partial charge in [0.2, 0.25) is 11.8 Å². The van der Waals surface area contributed by atoms with Gasteiger partial charge >= 0.3 is 5.97 Å². The van der Waals surface area contributed by atoms with E-state index in [4.69, 9.17) is 67.2 Å². The first-order valence-corrected chi connectivity index (χ1v) is 27.7. The lowest BCUT2D eigenvalue weighted by Gasteiger charge is -2.47. The number of carboxylic acids is 1. The monoisotopic (exact) mass is 1150 g/mol. The molecule has 8 rings (SSSR count). The molecule has 4 heterocycles. The number of carbonyl (C=O) groups is 3. The summed E-state index contributed by atoms with van der Waals surface area (Å²) in [5.74, 6) is -1.31. The van der Waals surface area contributed by atoms with Crippen LogP contribution in [-0.4, -0.2) is 218 Å². The first kappa shape index (κ1) is 60.4. The highest BCUT2D eigenvalue weighted by atomic mass is 32.2. The Hall–Kier alpha value is -4.68. The van der Waals surface area contributed by atoms with Gasteiger partial charge in [-0.1, -0.05) is 6.07 Å². The summed E-state index contributed by atoms with van der Waals surface area (Å²) in [4.78, 5) is 50.7. The highest BCUT2D eigenvalue weighted by Crippen LogP contribution is 2.43. The molecule has 0 aromatic heterocycles. The molecule has 4 fully saturated rings. The molecule has 3 saturated heterocycles. The maximum atomic E-state index is 13.0. The summed E-state index contributed by atoms with van der Waals surface area (Å²) in [6.45, 7) is -0.222. The first-order chi connectivity index (χ1) is 37.7. The Balaban J connectivity index is 0.843. The third kappa shape index (κ3) is 13.6. The maximum Gasteiger partial charge on any atom is 0.336 e. The molecule has 19 atom stereocenters. The minimum absolute atomic E-state index is 0.0420. The van der Waals surface area contributed by atoms with Gasteiger partial charge in [0, 0.05) is 89.7 Å². The smallest absolute Gasteiger partial charge is 0.336 e. The molecule has 6 aliphatic rings. The van der Waals surface area contributed by atoms with Crippen molar-refractivity contribution in [2.75, 3.05) is 48.0 Å². The van der Waals surface area contributed by atoms with E-state index in [1.807, 2.05) is 0 Å². The van der Waals surface area contributed by atoms with E-state index in [2.05, 4.69) is 10.6 Å². The average Bonchev–Trinajstić information content (AvgIpc) is 3.87. The number of fused-ring (bicyclic) bond motifs is 2. The molecule has 1 saturated carbocycles.